The molecule has 10 rings (SSSR count). The van der Waals surface area contributed by atoms with Crippen LogP contribution in [0.15, 0.2) is 243 Å². The molecule has 2 aliphatic carbocycles. The number of hydrogen-bond acceptors (Lipinski definition) is 2. The standard InChI is InChI=1S/C62H52N2/c1-45-13-17-49(18-14-45)53-25-37-59(38-26-53)64(60-39-27-54(28-40-60)50-19-15-46(2)16-20-50)62-43-31-56(32-44-62)55-29-41-61(42-30-55)63(57-33-21-51(22-34-57)47-9-5-3-6-10-47)58-35-23-52(24-36-58)48-11-7-4-8-12-48/h3-13,15,17-46H,14,16H2,1-2H3. The van der Waals surface area contributed by atoms with E-state index in [9.17, 15) is 0 Å². The Morgan fingerprint density at radius 2 is 0.516 bits per heavy atom. The lowest BCUT2D eigenvalue weighted by atomic mass is 9.94. The summed E-state index contributed by atoms with van der Waals surface area (Å²) in [6.07, 6.45) is 16.0. The van der Waals surface area contributed by atoms with Gasteiger partial charge in [0.15, 0.2) is 0 Å². The van der Waals surface area contributed by atoms with Crippen LogP contribution < -0.4 is 9.80 Å². The third kappa shape index (κ3) is 8.82. The van der Waals surface area contributed by atoms with Gasteiger partial charge in [0.05, 0.1) is 0 Å². The second-order valence-electron chi connectivity index (χ2n) is 17.1. The van der Waals surface area contributed by atoms with Crippen molar-refractivity contribution in [3.05, 3.63) is 254 Å². The fourth-order valence-corrected chi connectivity index (χ4v) is 8.86. The summed E-state index contributed by atoms with van der Waals surface area (Å²) >= 11 is 0. The van der Waals surface area contributed by atoms with Gasteiger partial charge in [0, 0.05) is 34.1 Å². The molecule has 0 spiro atoms. The minimum Gasteiger partial charge on any atom is -0.311 e. The third-order valence-electron chi connectivity index (χ3n) is 12.6. The summed E-state index contributed by atoms with van der Waals surface area (Å²) in [5, 5.41) is 0. The van der Waals surface area contributed by atoms with Crippen molar-refractivity contribution in [1.82, 2.24) is 0 Å². The number of hydrogen-bond donors (Lipinski definition) is 0. The van der Waals surface area contributed by atoms with Crippen molar-refractivity contribution in [2.24, 2.45) is 11.8 Å². The Labute approximate surface area is 379 Å². The molecule has 2 atom stereocenters. The predicted molar refractivity (Wildman–Crippen MR) is 274 cm³/mol. The molecule has 8 aromatic rings. The van der Waals surface area contributed by atoms with E-state index in [0.717, 1.165) is 47.0 Å². The summed E-state index contributed by atoms with van der Waals surface area (Å²) in [5.41, 5.74) is 18.9. The van der Waals surface area contributed by atoms with Crippen LogP contribution in [0.3, 0.4) is 0 Å². The van der Waals surface area contributed by atoms with Gasteiger partial charge >= 0.3 is 0 Å². The summed E-state index contributed by atoms with van der Waals surface area (Å²) < 4.78 is 0. The fraction of sp³-hybridized carbons (Fsp3) is 0.0968. The van der Waals surface area contributed by atoms with Gasteiger partial charge in [-0.25, -0.2) is 0 Å². The van der Waals surface area contributed by atoms with Gasteiger partial charge in [-0.2, -0.15) is 0 Å². The molecule has 2 heteroatoms. The first-order valence-corrected chi connectivity index (χ1v) is 22.6. The van der Waals surface area contributed by atoms with Crippen LogP contribution in [-0.4, -0.2) is 0 Å². The molecule has 0 amide bonds. The molecule has 0 saturated heterocycles. The first-order chi connectivity index (χ1) is 31.5. The van der Waals surface area contributed by atoms with E-state index in [4.69, 9.17) is 0 Å². The van der Waals surface area contributed by atoms with Crippen LogP contribution in [0, 0.1) is 11.8 Å². The lowest BCUT2D eigenvalue weighted by Crippen LogP contribution is -2.10. The van der Waals surface area contributed by atoms with E-state index >= 15 is 0 Å². The zero-order chi connectivity index (χ0) is 43.2. The molecule has 0 fully saturated rings. The number of nitrogens with zero attached hydrogens (tertiary/aromatic N) is 2. The lowest BCUT2D eigenvalue weighted by Gasteiger charge is -2.27. The van der Waals surface area contributed by atoms with Gasteiger partial charge in [-0.3, -0.25) is 0 Å². The van der Waals surface area contributed by atoms with Gasteiger partial charge in [0.1, 0.15) is 0 Å². The fourth-order valence-electron chi connectivity index (χ4n) is 8.86. The van der Waals surface area contributed by atoms with Crippen molar-refractivity contribution in [2.45, 2.75) is 26.7 Å². The van der Waals surface area contributed by atoms with Crippen molar-refractivity contribution in [3.8, 4) is 33.4 Å². The molecule has 2 aliphatic rings. The Hall–Kier alpha value is -7.68. The highest BCUT2D eigenvalue weighted by molar-refractivity contribution is 5.84. The Kier molecular flexibility index (Phi) is 11.6. The molecule has 0 bridgehead atoms. The largest absolute Gasteiger partial charge is 0.311 e. The molecular weight excluding hydrogens is 773 g/mol. The van der Waals surface area contributed by atoms with E-state index in [2.05, 4.69) is 266 Å². The Morgan fingerprint density at radius 1 is 0.281 bits per heavy atom. The van der Waals surface area contributed by atoms with E-state index in [0.29, 0.717) is 11.8 Å². The molecule has 0 saturated carbocycles. The highest BCUT2D eigenvalue weighted by Crippen LogP contribution is 2.40. The molecule has 8 aromatic carbocycles. The normalized spacial score (nSPS) is 15.6. The van der Waals surface area contributed by atoms with Crippen molar-refractivity contribution in [1.29, 1.82) is 0 Å². The summed E-state index contributed by atoms with van der Waals surface area (Å²) in [6.45, 7) is 4.54. The summed E-state index contributed by atoms with van der Waals surface area (Å²) in [6, 6.07) is 74.9. The predicted octanol–water partition coefficient (Wildman–Crippen LogP) is 17.6. The molecular formula is C62H52N2. The van der Waals surface area contributed by atoms with Gasteiger partial charge in [-0.05, 0) is 153 Å². The number of rotatable bonds is 11. The molecule has 0 radical (unpaired) electrons. The SMILES string of the molecule is CC1C=CC(c2ccc(N(c3ccc(C4=CCC(C)C=C4)cc3)c3ccc(-c4ccc(N(c5ccc(-c6ccccc6)cc5)c5ccc(-c6ccccc6)cc5)cc4)cc3)cc2)=CC1. The maximum Gasteiger partial charge on any atom is 0.0462 e. The van der Waals surface area contributed by atoms with Crippen molar-refractivity contribution < 1.29 is 0 Å². The minimum absolute atomic E-state index is 0.590. The highest BCUT2D eigenvalue weighted by atomic mass is 15.1. The van der Waals surface area contributed by atoms with Crippen molar-refractivity contribution in [3.63, 3.8) is 0 Å². The summed E-state index contributed by atoms with van der Waals surface area (Å²) in [5.74, 6) is 1.18. The van der Waals surface area contributed by atoms with Gasteiger partial charge in [0.2, 0.25) is 0 Å². The zero-order valence-corrected chi connectivity index (χ0v) is 36.6. The van der Waals surface area contributed by atoms with Crippen molar-refractivity contribution >= 4 is 45.3 Å². The molecule has 0 heterocycles. The number of benzene rings is 8. The molecule has 0 N–H and O–H groups in total. The second kappa shape index (κ2) is 18.3. The van der Waals surface area contributed by atoms with Crippen LogP contribution in [-0.2, 0) is 0 Å². The Balaban J connectivity index is 0.951. The molecule has 0 aliphatic heterocycles. The van der Waals surface area contributed by atoms with Crippen LogP contribution in [0.25, 0.3) is 44.5 Å². The van der Waals surface area contributed by atoms with Crippen LogP contribution in [0.5, 0.6) is 0 Å². The quantitative estimate of drug-likeness (QED) is 0.128. The molecule has 310 valence electrons. The second-order valence-corrected chi connectivity index (χ2v) is 17.1. The monoisotopic (exact) mass is 824 g/mol. The summed E-state index contributed by atoms with van der Waals surface area (Å²) in [7, 11) is 0. The topological polar surface area (TPSA) is 6.48 Å². The van der Waals surface area contributed by atoms with E-state index in [1.165, 1.54) is 55.7 Å². The molecule has 0 aromatic heterocycles. The molecule has 2 unspecified atom stereocenters. The summed E-state index contributed by atoms with van der Waals surface area (Å²) in [4.78, 5) is 4.71. The molecule has 64 heavy (non-hydrogen) atoms. The smallest absolute Gasteiger partial charge is 0.0462 e. The first kappa shape index (κ1) is 40.4. The van der Waals surface area contributed by atoms with Crippen LogP contribution in [0.2, 0.25) is 0 Å². The first-order valence-electron chi connectivity index (χ1n) is 22.6. The minimum atomic E-state index is 0.590. The van der Waals surface area contributed by atoms with E-state index < -0.39 is 0 Å². The van der Waals surface area contributed by atoms with E-state index in [1.807, 2.05) is 0 Å². The van der Waals surface area contributed by atoms with Crippen molar-refractivity contribution in [2.75, 3.05) is 9.80 Å². The van der Waals surface area contributed by atoms with E-state index in [-0.39, 0.29) is 0 Å². The average molecular weight is 825 g/mol. The van der Waals surface area contributed by atoms with Gasteiger partial charge in [0.25, 0.3) is 0 Å². The van der Waals surface area contributed by atoms with Crippen LogP contribution in [0.1, 0.15) is 37.8 Å². The zero-order valence-electron chi connectivity index (χ0n) is 36.6. The Bertz CT molecular complexity index is 2780. The molecule has 2 nitrogen and oxygen atoms in total. The van der Waals surface area contributed by atoms with Crippen LogP contribution in [0.4, 0.5) is 34.1 Å². The highest BCUT2D eigenvalue weighted by Gasteiger charge is 2.17. The van der Waals surface area contributed by atoms with Gasteiger partial charge in [-0.15, -0.1) is 0 Å². The van der Waals surface area contributed by atoms with Gasteiger partial charge < -0.3 is 9.80 Å². The Morgan fingerprint density at radius 3 is 0.750 bits per heavy atom. The maximum atomic E-state index is 2.37. The van der Waals surface area contributed by atoms with Gasteiger partial charge in [-0.1, -0.05) is 184 Å². The van der Waals surface area contributed by atoms with E-state index in [1.54, 1.807) is 0 Å². The third-order valence-corrected chi connectivity index (χ3v) is 12.6. The number of allylic oxidation sites excluding steroid dienone is 8. The van der Waals surface area contributed by atoms with Crippen LogP contribution >= 0.6 is 0 Å². The maximum absolute atomic E-state index is 2.37. The lowest BCUT2D eigenvalue weighted by molar-refractivity contribution is 0.739. The number of anilines is 6. The average Bonchev–Trinajstić information content (AvgIpc) is 3.37.